The van der Waals surface area contributed by atoms with Crippen molar-refractivity contribution in [3.63, 3.8) is 0 Å². The summed E-state index contributed by atoms with van der Waals surface area (Å²) < 4.78 is 0. The Kier molecular flexibility index (Phi) is 4.98. The fraction of sp³-hybridized carbons (Fsp3) is 0.619. The van der Waals surface area contributed by atoms with Gasteiger partial charge in [0, 0.05) is 37.8 Å². The van der Waals surface area contributed by atoms with Crippen LogP contribution in [0.5, 0.6) is 0 Å². The van der Waals surface area contributed by atoms with Crippen LogP contribution in [0.3, 0.4) is 0 Å². The second kappa shape index (κ2) is 7.39. The normalized spacial score (nSPS) is 25.3. The molecular formula is C21H29N3O2. The number of benzene rings is 1. The molecule has 26 heavy (non-hydrogen) atoms. The van der Waals surface area contributed by atoms with Gasteiger partial charge in [-0.15, -0.1) is 0 Å². The third kappa shape index (κ3) is 3.37. The first kappa shape index (κ1) is 17.5. The molecule has 5 heteroatoms. The Bertz CT molecular complexity index is 676. The van der Waals surface area contributed by atoms with E-state index in [9.17, 15) is 9.59 Å². The van der Waals surface area contributed by atoms with Crippen molar-refractivity contribution in [2.24, 2.45) is 5.92 Å². The lowest BCUT2D eigenvalue weighted by Crippen LogP contribution is -2.47. The number of hydrogen-bond donors (Lipinski definition) is 0. The average Bonchev–Trinajstić information content (AvgIpc) is 3.32. The van der Waals surface area contributed by atoms with Gasteiger partial charge in [-0.3, -0.25) is 9.59 Å². The number of aryl methyl sites for hydroxylation is 1. The topological polar surface area (TPSA) is 43.9 Å². The largest absolute Gasteiger partial charge is 0.342 e. The van der Waals surface area contributed by atoms with Crippen LogP contribution in [0.25, 0.3) is 0 Å². The number of carbonyl (C=O) groups is 2. The number of piperidine rings is 1. The van der Waals surface area contributed by atoms with Crippen molar-refractivity contribution in [3.05, 3.63) is 29.8 Å². The summed E-state index contributed by atoms with van der Waals surface area (Å²) >= 11 is 0. The van der Waals surface area contributed by atoms with E-state index in [0.717, 1.165) is 37.2 Å². The van der Waals surface area contributed by atoms with Crippen LogP contribution in [0.1, 0.15) is 37.7 Å². The van der Waals surface area contributed by atoms with E-state index in [1.807, 2.05) is 36.1 Å². The maximum atomic E-state index is 13.0. The van der Waals surface area contributed by atoms with Gasteiger partial charge >= 0.3 is 0 Å². The van der Waals surface area contributed by atoms with Crippen LogP contribution < -0.4 is 4.90 Å². The lowest BCUT2D eigenvalue weighted by atomic mass is 10.0. The zero-order valence-electron chi connectivity index (χ0n) is 15.7. The average molecular weight is 355 g/mol. The van der Waals surface area contributed by atoms with Gasteiger partial charge in [-0.25, -0.2) is 0 Å². The standard InChI is InChI=1S/C21H29N3O2/c1-16-6-2-3-7-19(16)24-15-17(14-20(24)25)21(26)23-12-8-18(9-13-23)22-10-4-5-11-22/h2-3,6-7,17-18H,4-5,8-15H2,1H3/t17-/m1/s1. The van der Waals surface area contributed by atoms with Crippen LogP contribution in [-0.2, 0) is 9.59 Å². The van der Waals surface area contributed by atoms with Crippen molar-refractivity contribution in [2.45, 2.75) is 45.1 Å². The first-order valence-electron chi connectivity index (χ1n) is 10.0. The zero-order valence-corrected chi connectivity index (χ0v) is 15.7. The number of rotatable bonds is 3. The Morgan fingerprint density at radius 2 is 1.73 bits per heavy atom. The molecule has 3 saturated heterocycles. The summed E-state index contributed by atoms with van der Waals surface area (Å²) in [6.07, 6.45) is 5.14. The first-order chi connectivity index (χ1) is 12.6. The van der Waals surface area contributed by atoms with Gasteiger partial charge < -0.3 is 14.7 Å². The van der Waals surface area contributed by atoms with E-state index >= 15 is 0 Å². The molecule has 3 heterocycles. The van der Waals surface area contributed by atoms with Crippen LogP contribution in [0.4, 0.5) is 5.69 Å². The molecule has 1 aromatic carbocycles. The Morgan fingerprint density at radius 3 is 2.42 bits per heavy atom. The van der Waals surface area contributed by atoms with Crippen molar-refractivity contribution in [2.75, 3.05) is 37.6 Å². The molecule has 4 rings (SSSR count). The molecule has 0 unspecified atom stereocenters. The second-order valence-corrected chi connectivity index (χ2v) is 7.99. The van der Waals surface area contributed by atoms with Crippen molar-refractivity contribution >= 4 is 17.5 Å². The summed E-state index contributed by atoms with van der Waals surface area (Å²) in [6.45, 7) is 6.67. The van der Waals surface area contributed by atoms with Crippen molar-refractivity contribution in [3.8, 4) is 0 Å². The highest BCUT2D eigenvalue weighted by Crippen LogP contribution is 2.30. The fourth-order valence-corrected chi connectivity index (χ4v) is 4.79. The molecule has 0 aromatic heterocycles. The van der Waals surface area contributed by atoms with E-state index in [4.69, 9.17) is 0 Å². The predicted octanol–water partition coefficient (Wildman–Crippen LogP) is 2.43. The van der Waals surface area contributed by atoms with Crippen LogP contribution in [0.15, 0.2) is 24.3 Å². The van der Waals surface area contributed by atoms with E-state index in [1.54, 1.807) is 4.90 Å². The molecule has 2 amide bonds. The molecule has 0 radical (unpaired) electrons. The quantitative estimate of drug-likeness (QED) is 0.836. The summed E-state index contributed by atoms with van der Waals surface area (Å²) in [4.78, 5) is 31.9. The minimum Gasteiger partial charge on any atom is -0.342 e. The van der Waals surface area contributed by atoms with Crippen molar-refractivity contribution < 1.29 is 9.59 Å². The minimum atomic E-state index is -0.189. The molecule has 3 fully saturated rings. The van der Waals surface area contributed by atoms with E-state index in [1.165, 1.54) is 25.9 Å². The minimum absolute atomic E-state index is 0.0737. The number of amides is 2. The molecule has 0 bridgehead atoms. The SMILES string of the molecule is Cc1ccccc1N1C[C@H](C(=O)N2CCC(N3CCCC3)CC2)CC1=O. The van der Waals surface area contributed by atoms with Gasteiger partial charge in [0.25, 0.3) is 0 Å². The summed E-state index contributed by atoms with van der Waals surface area (Å²) in [5, 5.41) is 0. The molecule has 0 N–H and O–H groups in total. The summed E-state index contributed by atoms with van der Waals surface area (Å²) in [5.41, 5.74) is 2.03. The van der Waals surface area contributed by atoms with Crippen LogP contribution in [0.2, 0.25) is 0 Å². The molecule has 0 saturated carbocycles. The third-order valence-electron chi connectivity index (χ3n) is 6.31. The van der Waals surface area contributed by atoms with Crippen LogP contribution >= 0.6 is 0 Å². The molecule has 1 aromatic rings. The van der Waals surface area contributed by atoms with E-state index < -0.39 is 0 Å². The maximum Gasteiger partial charge on any atom is 0.228 e. The van der Waals surface area contributed by atoms with Gasteiger partial charge in [0.05, 0.1) is 5.92 Å². The highest BCUT2D eigenvalue weighted by atomic mass is 16.2. The Labute approximate surface area is 155 Å². The lowest BCUT2D eigenvalue weighted by Gasteiger charge is -2.37. The van der Waals surface area contributed by atoms with Gasteiger partial charge in [0.2, 0.25) is 11.8 Å². The summed E-state index contributed by atoms with van der Waals surface area (Å²) in [6, 6.07) is 8.57. The van der Waals surface area contributed by atoms with Gasteiger partial charge in [0.1, 0.15) is 0 Å². The number of carbonyl (C=O) groups excluding carboxylic acids is 2. The van der Waals surface area contributed by atoms with Gasteiger partial charge in [-0.05, 0) is 57.3 Å². The van der Waals surface area contributed by atoms with Gasteiger partial charge in [-0.2, -0.15) is 0 Å². The zero-order chi connectivity index (χ0) is 18.1. The second-order valence-electron chi connectivity index (χ2n) is 7.99. The molecule has 3 aliphatic rings. The smallest absolute Gasteiger partial charge is 0.228 e. The first-order valence-corrected chi connectivity index (χ1v) is 10.0. The molecule has 140 valence electrons. The summed E-state index contributed by atoms with van der Waals surface area (Å²) in [5.74, 6) is 0.0596. The molecule has 3 aliphatic heterocycles. The molecule has 1 atom stereocenters. The molecule has 0 spiro atoms. The lowest BCUT2D eigenvalue weighted by molar-refractivity contribution is -0.137. The van der Waals surface area contributed by atoms with Gasteiger partial charge in [-0.1, -0.05) is 18.2 Å². The monoisotopic (exact) mass is 355 g/mol. The Hall–Kier alpha value is -1.88. The predicted molar refractivity (Wildman–Crippen MR) is 102 cm³/mol. The Morgan fingerprint density at radius 1 is 1.04 bits per heavy atom. The van der Waals surface area contributed by atoms with Crippen molar-refractivity contribution in [1.82, 2.24) is 9.80 Å². The molecule has 5 nitrogen and oxygen atoms in total. The number of likely N-dealkylation sites (tertiary alicyclic amines) is 2. The Balaban J connectivity index is 1.36. The molecule has 0 aliphatic carbocycles. The number of para-hydroxylation sites is 1. The van der Waals surface area contributed by atoms with Crippen LogP contribution in [-0.4, -0.2) is 60.4 Å². The fourth-order valence-electron chi connectivity index (χ4n) is 4.79. The highest BCUT2D eigenvalue weighted by Gasteiger charge is 2.39. The summed E-state index contributed by atoms with van der Waals surface area (Å²) in [7, 11) is 0. The number of hydrogen-bond acceptors (Lipinski definition) is 3. The third-order valence-corrected chi connectivity index (χ3v) is 6.31. The highest BCUT2D eigenvalue weighted by molar-refractivity contribution is 6.00. The van der Waals surface area contributed by atoms with Crippen molar-refractivity contribution in [1.29, 1.82) is 0 Å². The molecular weight excluding hydrogens is 326 g/mol. The van der Waals surface area contributed by atoms with E-state index in [0.29, 0.717) is 19.0 Å². The van der Waals surface area contributed by atoms with Crippen LogP contribution in [0, 0.1) is 12.8 Å². The van der Waals surface area contributed by atoms with E-state index in [-0.39, 0.29) is 17.7 Å². The van der Waals surface area contributed by atoms with Gasteiger partial charge in [0.15, 0.2) is 0 Å². The van der Waals surface area contributed by atoms with E-state index in [2.05, 4.69) is 4.90 Å². The number of anilines is 1. The maximum absolute atomic E-state index is 13.0. The number of nitrogens with zero attached hydrogens (tertiary/aromatic N) is 3.